The van der Waals surface area contributed by atoms with Crippen LogP contribution in [0, 0.1) is 10.1 Å². The molecule has 0 N–H and O–H groups in total. The number of likely N-dealkylation sites (N-methyl/N-ethyl adjacent to an activating group) is 1. The summed E-state index contributed by atoms with van der Waals surface area (Å²) in [6, 6.07) is 15.6. The second kappa shape index (κ2) is 8.32. The third kappa shape index (κ3) is 3.74. The largest absolute Gasteiger partial charge is 0.326 e. The van der Waals surface area contributed by atoms with Crippen molar-refractivity contribution in [1.29, 1.82) is 0 Å². The van der Waals surface area contributed by atoms with Crippen molar-refractivity contribution in [3.8, 4) is 0 Å². The summed E-state index contributed by atoms with van der Waals surface area (Å²) in [4.78, 5) is 40.5. The molecule has 7 nitrogen and oxygen atoms in total. The van der Waals surface area contributed by atoms with E-state index in [-0.39, 0.29) is 35.3 Å². The van der Waals surface area contributed by atoms with Gasteiger partial charge in [-0.3, -0.25) is 19.7 Å². The van der Waals surface area contributed by atoms with Crippen molar-refractivity contribution in [3.63, 3.8) is 0 Å². The maximum atomic E-state index is 13.5. The van der Waals surface area contributed by atoms with Crippen LogP contribution in [-0.2, 0) is 16.0 Å². The number of rotatable bonds is 6. The number of piperazine rings is 1. The van der Waals surface area contributed by atoms with Crippen LogP contribution in [0.15, 0.2) is 72.9 Å². The fourth-order valence-electron chi connectivity index (χ4n) is 3.62. The van der Waals surface area contributed by atoms with E-state index in [1.807, 2.05) is 30.3 Å². The molecule has 1 atom stereocenters. The molecule has 0 radical (unpaired) electrons. The summed E-state index contributed by atoms with van der Waals surface area (Å²) >= 11 is 0. The normalized spacial score (nSPS) is 20.5. The summed E-state index contributed by atoms with van der Waals surface area (Å²) in [5.74, 6) is -0.647. The van der Waals surface area contributed by atoms with Gasteiger partial charge in [-0.2, -0.15) is 0 Å². The van der Waals surface area contributed by atoms with Gasteiger partial charge in [0.05, 0.1) is 10.5 Å². The first-order chi connectivity index (χ1) is 14.3. The molecule has 1 unspecified atom stereocenters. The molecule has 0 saturated carbocycles. The van der Waals surface area contributed by atoms with Gasteiger partial charge < -0.3 is 9.80 Å². The molecular formula is C23H23N3O4. The minimum Gasteiger partial charge on any atom is -0.326 e. The fourth-order valence-corrected chi connectivity index (χ4v) is 3.62. The van der Waals surface area contributed by atoms with Crippen LogP contribution >= 0.6 is 0 Å². The maximum Gasteiger partial charge on any atom is 0.276 e. The fraction of sp³-hybridized carbons (Fsp3) is 0.217. The number of amides is 2. The number of hydrogen-bond donors (Lipinski definition) is 0. The molecule has 0 aliphatic carbocycles. The number of benzene rings is 2. The Hall–Kier alpha value is -3.74. The molecule has 2 aromatic rings. The molecule has 0 bridgehead atoms. The van der Waals surface area contributed by atoms with Crippen LogP contribution in [-0.4, -0.2) is 45.7 Å². The predicted octanol–water partition coefficient (Wildman–Crippen LogP) is 3.42. The lowest BCUT2D eigenvalue weighted by Crippen LogP contribution is -2.65. The third-order valence-corrected chi connectivity index (χ3v) is 5.39. The van der Waals surface area contributed by atoms with Gasteiger partial charge in [-0.1, -0.05) is 48.5 Å². The number of nitrogens with zero attached hydrogens (tertiary/aromatic N) is 3. The van der Waals surface area contributed by atoms with E-state index >= 15 is 0 Å². The highest BCUT2D eigenvalue weighted by atomic mass is 16.6. The predicted molar refractivity (Wildman–Crippen MR) is 114 cm³/mol. The molecule has 2 amide bonds. The highest BCUT2D eigenvalue weighted by Gasteiger charge is 2.49. The Morgan fingerprint density at radius 3 is 2.37 bits per heavy atom. The summed E-state index contributed by atoms with van der Waals surface area (Å²) < 4.78 is 0. The van der Waals surface area contributed by atoms with Crippen molar-refractivity contribution in [2.75, 3.05) is 13.6 Å². The summed E-state index contributed by atoms with van der Waals surface area (Å²) in [6.45, 7) is 5.55. The van der Waals surface area contributed by atoms with Gasteiger partial charge in [-0.15, -0.1) is 6.58 Å². The van der Waals surface area contributed by atoms with Gasteiger partial charge in [0.2, 0.25) is 0 Å². The standard InChI is InChI=1S/C23H23N3O4/c1-4-14-25-20(15-18-12-8-9-13-19(18)26(29)30)21(27)24(3)23(2,22(25)28)16-17-10-6-5-7-11-17/h4-13,15H,1,14,16H2,2-3H3. The van der Waals surface area contributed by atoms with Gasteiger partial charge in [0.1, 0.15) is 11.2 Å². The minimum absolute atomic E-state index is 0.0854. The molecule has 2 aromatic carbocycles. The SMILES string of the molecule is C=CCN1C(=O)C(C)(Cc2ccccc2)N(C)C(=O)C1=Cc1ccccc1[N+](=O)[O-]. The van der Waals surface area contributed by atoms with Crippen molar-refractivity contribution < 1.29 is 14.5 Å². The Labute approximate surface area is 175 Å². The first kappa shape index (κ1) is 21.0. The van der Waals surface area contributed by atoms with E-state index in [2.05, 4.69) is 6.58 Å². The van der Waals surface area contributed by atoms with Gasteiger partial charge in [0.15, 0.2) is 0 Å². The van der Waals surface area contributed by atoms with Crippen molar-refractivity contribution >= 4 is 23.6 Å². The van der Waals surface area contributed by atoms with E-state index in [9.17, 15) is 19.7 Å². The first-order valence-corrected chi connectivity index (χ1v) is 9.49. The van der Waals surface area contributed by atoms with Gasteiger partial charge in [0.25, 0.3) is 17.5 Å². The van der Waals surface area contributed by atoms with Gasteiger partial charge in [-0.05, 0) is 24.6 Å². The van der Waals surface area contributed by atoms with Crippen LogP contribution < -0.4 is 0 Å². The first-order valence-electron chi connectivity index (χ1n) is 9.49. The Morgan fingerprint density at radius 1 is 1.10 bits per heavy atom. The number of carbonyl (C=O) groups excluding carboxylic acids is 2. The lowest BCUT2D eigenvalue weighted by Gasteiger charge is -2.46. The number of hydrogen-bond acceptors (Lipinski definition) is 4. The van der Waals surface area contributed by atoms with Gasteiger partial charge in [-0.25, -0.2) is 0 Å². The zero-order valence-electron chi connectivity index (χ0n) is 16.9. The van der Waals surface area contributed by atoms with Gasteiger partial charge in [0, 0.05) is 26.1 Å². The molecule has 1 aliphatic heterocycles. The second-order valence-electron chi connectivity index (χ2n) is 7.35. The van der Waals surface area contributed by atoms with E-state index in [4.69, 9.17) is 0 Å². The number of carbonyl (C=O) groups is 2. The van der Waals surface area contributed by atoms with Crippen molar-refractivity contribution in [2.24, 2.45) is 0 Å². The monoisotopic (exact) mass is 405 g/mol. The van der Waals surface area contributed by atoms with Crippen LogP contribution in [0.5, 0.6) is 0 Å². The van der Waals surface area contributed by atoms with Crippen LogP contribution in [0.4, 0.5) is 5.69 Å². The molecule has 1 saturated heterocycles. The van der Waals surface area contributed by atoms with Crippen molar-refractivity contribution in [3.05, 3.63) is 94.2 Å². The van der Waals surface area contributed by atoms with E-state index in [1.165, 1.54) is 28.0 Å². The molecule has 0 aromatic heterocycles. The van der Waals surface area contributed by atoms with E-state index in [0.717, 1.165) is 5.56 Å². The Balaban J connectivity index is 2.08. The number of nitro benzene ring substituents is 1. The second-order valence-corrected chi connectivity index (χ2v) is 7.35. The van der Waals surface area contributed by atoms with Crippen molar-refractivity contribution in [2.45, 2.75) is 18.9 Å². The lowest BCUT2D eigenvalue weighted by molar-refractivity contribution is -0.385. The highest BCUT2D eigenvalue weighted by molar-refractivity contribution is 6.09. The molecule has 0 spiro atoms. The molecule has 7 heteroatoms. The molecule has 1 aliphatic rings. The Bertz CT molecular complexity index is 1030. The van der Waals surface area contributed by atoms with Crippen molar-refractivity contribution in [1.82, 2.24) is 9.80 Å². The Morgan fingerprint density at radius 2 is 1.73 bits per heavy atom. The maximum absolute atomic E-state index is 13.5. The molecule has 1 fully saturated rings. The summed E-state index contributed by atoms with van der Waals surface area (Å²) in [5.41, 5.74) is 0.0401. The lowest BCUT2D eigenvalue weighted by atomic mass is 9.86. The van der Waals surface area contributed by atoms with E-state index in [1.54, 1.807) is 32.2 Å². The molecule has 3 rings (SSSR count). The topological polar surface area (TPSA) is 83.8 Å². The molecule has 154 valence electrons. The van der Waals surface area contributed by atoms with E-state index < -0.39 is 10.5 Å². The summed E-state index contributed by atoms with van der Waals surface area (Å²) in [5, 5.41) is 11.4. The quantitative estimate of drug-likeness (QED) is 0.319. The smallest absolute Gasteiger partial charge is 0.276 e. The number of para-hydroxylation sites is 1. The average molecular weight is 405 g/mol. The Kier molecular flexibility index (Phi) is 5.82. The molecule has 30 heavy (non-hydrogen) atoms. The van der Waals surface area contributed by atoms with E-state index in [0.29, 0.717) is 6.42 Å². The van der Waals surface area contributed by atoms with Crippen LogP contribution in [0.2, 0.25) is 0 Å². The van der Waals surface area contributed by atoms with Crippen LogP contribution in [0.1, 0.15) is 18.1 Å². The highest BCUT2D eigenvalue weighted by Crippen LogP contribution is 2.33. The number of nitro groups is 1. The van der Waals surface area contributed by atoms with Gasteiger partial charge >= 0.3 is 0 Å². The molecular weight excluding hydrogens is 382 g/mol. The molecule has 1 heterocycles. The van der Waals surface area contributed by atoms with Crippen LogP contribution in [0.3, 0.4) is 0 Å². The minimum atomic E-state index is -1.10. The zero-order valence-corrected chi connectivity index (χ0v) is 16.9. The third-order valence-electron chi connectivity index (χ3n) is 5.39. The zero-order chi connectivity index (χ0) is 21.9. The summed E-state index contributed by atoms with van der Waals surface area (Å²) in [7, 11) is 1.58. The average Bonchev–Trinajstić information content (AvgIpc) is 2.74. The van der Waals surface area contributed by atoms with Crippen LogP contribution in [0.25, 0.3) is 6.08 Å². The summed E-state index contributed by atoms with van der Waals surface area (Å²) in [6.07, 6.45) is 3.29.